The van der Waals surface area contributed by atoms with E-state index < -0.39 is 11.6 Å². The van der Waals surface area contributed by atoms with Gasteiger partial charge in [0.1, 0.15) is 23.8 Å². The number of fused-ring (bicyclic) bond motifs is 1. The average Bonchev–Trinajstić information content (AvgIpc) is 3.12. The van der Waals surface area contributed by atoms with Crippen molar-refractivity contribution in [2.45, 2.75) is 12.3 Å². The highest BCUT2D eigenvalue weighted by Gasteiger charge is 2.32. The Labute approximate surface area is 159 Å². The predicted molar refractivity (Wildman–Crippen MR) is 98.1 cm³/mol. The van der Waals surface area contributed by atoms with E-state index in [0.29, 0.717) is 23.0 Å². The summed E-state index contributed by atoms with van der Waals surface area (Å²) >= 11 is 0. The van der Waals surface area contributed by atoms with Crippen molar-refractivity contribution in [2.75, 3.05) is 19.5 Å². The second-order valence-electron chi connectivity index (χ2n) is 6.36. The first-order valence-corrected chi connectivity index (χ1v) is 8.56. The van der Waals surface area contributed by atoms with E-state index in [1.54, 1.807) is 19.2 Å². The van der Waals surface area contributed by atoms with E-state index in [1.165, 1.54) is 18.0 Å². The molecule has 144 valence electrons. The fourth-order valence-electron chi connectivity index (χ4n) is 3.41. The molecule has 0 bridgehead atoms. The minimum atomic E-state index is -0.621. The fraction of sp³-hybridized carbons (Fsp3) is 0.200. The SMILES string of the molecule is COc1ccc([C@@H]2CC(=O)Nc3c2ncn3-c2cc(F)ccc2F)cc1OC. The summed E-state index contributed by atoms with van der Waals surface area (Å²) in [5, 5.41) is 2.72. The second-order valence-corrected chi connectivity index (χ2v) is 6.36. The van der Waals surface area contributed by atoms with E-state index in [4.69, 9.17) is 9.47 Å². The summed E-state index contributed by atoms with van der Waals surface area (Å²) in [4.78, 5) is 16.7. The number of rotatable bonds is 4. The Kier molecular flexibility index (Phi) is 4.46. The van der Waals surface area contributed by atoms with Crippen molar-refractivity contribution in [1.29, 1.82) is 0 Å². The van der Waals surface area contributed by atoms with Crippen LogP contribution < -0.4 is 14.8 Å². The molecule has 3 aromatic rings. The van der Waals surface area contributed by atoms with E-state index >= 15 is 0 Å². The van der Waals surface area contributed by atoms with Gasteiger partial charge in [0, 0.05) is 18.4 Å². The van der Waals surface area contributed by atoms with Crippen LogP contribution in [0.3, 0.4) is 0 Å². The van der Waals surface area contributed by atoms with Gasteiger partial charge in [-0.25, -0.2) is 13.8 Å². The molecule has 0 fully saturated rings. The molecule has 0 spiro atoms. The zero-order chi connectivity index (χ0) is 19.8. The van der Waals surface area contributed by atoms with Gasteiger partial charge in [0.25, 0.3) is 0 Å². The van der Waals surface area contributed by atoms with Gasteiger partial charge in [0.15, 0.2) is 11.5 Å². The molecule has 2 heterocycles. The molecule has 1 aromatic heterocycles. The molecule has 1 aliphatic heterocycles. The van der Waals surface area contributed by atoms with E-state index in [2.05, 4.69) is 10.3 Å². The predicted octanol–water partition coefficient (Wildman–Crippen LogP) is 3.64. The van der Waals surface area contributed by atoms with Gasteiger partial charge in [-0.2, -0.15) is 0 Å². The second kappa shape index (κ2) is 6.95. The van der Waals surface area contributed by atoms with Gasteiger partial charge in [0.2, 0.25) is 5.91 Å². The average molecular weight is 385 g/mol. The van der Waals surface area contributed by atoms with Gasteiger partial charge in [0.05, 0.1) is 25.6 Å². The zero-order valence-electron chi connectivity index (χ0n) is 15.2. The summed E-state index contributed by atoms with van der Waals surface area (Å²) in [6.07, 6.45) is 1.55. The number of benzene rings is 2. The largest absolute Gasteiger partial charge is 0.493 e. The maximum absolute atomic E-state index is 14.2. The Bertz CT molecular complexity index is 1060. The molecule has 1 N–H and O–H groups in total. The topological polar surface area (TPSA) is 65.4 Å². The van der Waals surface area contributed by atoms with Crippen LogP contribution in [0.5, 0.6) is 11.5 Å². The maximum atomic E-state index is 14.2. The first-order chi connectivity index (χ1) is 13.5. The number of methoxy groups -OCH3 is 2. The molecular formula is C20H17F2N3O3. The minimum Gasteiger partial charge on any atom is -0.493 e. The number of ether oxygens (including phenoxy) is 2. The highest BCUT2D eigenvalue weighted by molar-refractivity contribution is 5.94. The number of aromatic nitrogens is 2. The highest BCUT2D eigenvalue weighted by atomic mass is 19.1. The highest BCUT2D eigenvalue weighted by Crippen LogP contribution is 2.40. The van der Waals surface area contributed by atoms with Crippen molar-refractivity contribution < 1.29 is 23.0 Å². The number of halogens is 2. The summed E-state index contributed by atoms with van der Waals surface area (Å²) in [5.41, 5.74) is 1.34. The van der Waals surface area contributed by atoms with E-state index in [0.717, 1.165) is 23.8 Å². The van der Waals surface area contributed by atoms with Crippen molar-refractivity contribution in [3.63, 3.8) is 0 Å². The number of nitrogens with zero attached hydrogens (tertiary/aromatic N) is 2. The monoisotopic (exact) mass is 385 g/mol. The summed E-state index contributed by atoms with van der Waals surface area (Å²) < 4.78 is 39.8. The third kappa shape index (κ3) is 2.96. The van der Waals surface area contributed by atoms with Crippen molar-refractivity contribution in [2.24, 2.45) is 0 Å². The zero-order valence-corrected chi connectivity index (χ0v) is 15.2. The summed E-state index contributed by atoms with van der Waals surface area (Å²) in [6.45, 7) is 0. The quantitative estimate of drug-likeness (QED) is 0.745. The third-order valence-corrected chi connectivity index (χ3v) is 4.75. The van der Waals surface area contributed by atoms with Crippen molar-refractivity contribution >= 4 is 11.7 Å². The Balaban J connectivity index is 1.82. The standard InChI is InChI=1S/C20H17F2N3O3/c1-27-16-6-3-11(7-17(16)28-2)13-9-18(26)24-20-19(13)23-10-25(20)15-8-12(21)4-5-14(15)22/h3-8,10,13H,9H2,1-2H3,(H,24,26)/t13-/m0/s1. The Morgan fingerprint density at radius 1 is 1.11 bits per heavy atom. The van der Waals surface area contributed by atoms with Gasteiger partial charge in [-0.15, -0.1) is 0 Å². The van der Waals surface area contributed by atoms with Crippen LogP contribution in [0.4, 0.5) is 14.6 Å². The van der Waals surface area contributed by atoms with E-state index in [-0.39, 0.29) is 23.9 Å². The van der Waals surface area contributed by atoms with E-state index in [1.807, 2.05) is 6.07 Å². The summed E-state index contributed by atoms with van der Waals surface area (Å²) in [6, 6.07) is 8.50. The number of hydrogen-bond acceptors (Lipinski definition) is 4. The van der Waals surface area contributed by atoms with Crippen molar-refractivity contribution in [3.8, 4) is 17.2 Å². The van der Waals surface area contributed by atoms with Crippen molar-refractivity contribution in [1.82, 2.24) is 9.55 Å². The molecule has 0 saturated carbocycles. The van der Waals surface area contributed by atoms with Gasteiger partial charge >= 0.3 is 0 Å². The van der Waals surface area contributed by atoms with Crippen LogP contribution in [0, 0.1) is 11.6 Å². The first kappa shape index (κ1) is 18.0. The number of amides is 1. The number of imidazole rings is 1. The summed E-state index contributed by atoms with van der Waals surface area (Å²) in [7, 11) is 3.07. The lowest BCUT2D eigenvalue weighted by Crippen LogP contribution is -2.25. The molecule has 2 aromatic carbocycles. The number of hydrogen-bond donors (Lipinski definition) is 1. The maximum Gasteiger partial charge on any atom is 0.226 e. The molecule has 0 saturated heterocycles. The van der Waals surface area contributed by atoms with Crippen LogP contribution in [0.25, 0.3) is 5.69 Å². The van der Waals surface area contributed by atoms with Crippen LogP contribution in [0.1, 0.15) is 23.6 Å². The first-order valence-electron chi connectivity index (χ1n) is 8.56. The lowest BCUT2D eigenvalue weighted by atomic mass is 9.89. The molecule has 0 radical (unpaired) electrons. The molecule has 8 heteroatoms. The van der Waals surface area contributed by atoms with Gasteiger partial charge in [-0.3, -0.25) is 9.36 Å². The number of anilines is 1. The third-order valence-electron chi connectivity index (χ3n) is 4.75. The Morgan fingerprint density at radius 3 is 2.64 bits per heavy atom. The minimum absolute atomic E-state index is 0.0259. The number of carbonyl (C=O) groups excluding carboxylic acids is 1. The van der Waals surface area contributed by atoms with Gasteiger partial charge < -0.3 is 14.8 Å². The molecule has 0 unspecified atom stereocenters. The van der Waals surface area contributed by atoms with Crippen LogP contribution in [-0.4, -0.2) is 29.7 Å². The fourth-order valence-corrected chi connectivity index (χ4v) is 3.41. The molecule has 4 rings (SSSR count). The summed E-state index contributed by atoms with van der Waals surface area (Å²) in [5.74, 6) is -0.392. The van der Waals surface area contributed by atoms with Crippen LogP contribution >= 0.6 is 0 Å². The lowest BCUT2D eigenvalue weighted by molar-refractivity contribution is -0.116. The molecule has 6 nitrogen and oxygen atoms in total. The molecule has 1 amide bonds. The molecule has 0 aliphatic carbocycles. The van der Waals surface area contributed by atoms with Gasteiger partial charge in [-0.1, -0.05) is 6.07 Å². The lowest BCUT2D eigenvalue weighted by Gasteiger charge is -2.24. The Hall–Kier alpha value is -3.42. The van der Waals surface area contributed by atoms with Crippen LogP contribution in [-0.2, 0) is 4.79 Å². The molecule has 28 heavy (non-hydrogen) atoms. The van der Waals surface area contributed by atoms with Gasteiger partial charge in [-0.05, 0) is 29.8 Å². The van der Waals surface area contributed by atoms with Crippen LogP contribution in [0.2, 0.25) is 0 Å². The van der Waals surface area contributed by atoms with E-state index in [9.17, 15) is 13.6 Å². The Morgan fingerprint density at radius 2 is 1.89 bits per heavy atom. The van der Waals surface area contributed by atoms with Crippen LogP contribution in [0.15, 0.2) is 42.7 Å². The molecule has 1 atom stereocenters. The molecule has 1 aliphatic rings. The smallest absolute Gasteiger partial charge is 0.226 e. The normalized spacial score (nSPS) is 15.7. The molecular weight excluding hydrogens is 368 g/mol. The number of nitrogens with one attached hydrogen (secondary N) is 1. The number of carbonyl (C=O) groups is 1. The van der Waals surface area contributed by atoms with Crippen molar-refractivity contribution in [3.05, 3.63) is 65.6 Å².